The number of rotatable bonds is 5. The van der Waals surface area contributed by atoms with Gasteiger partial charge in [-0.25, -0.2) is 0 Å². The van der Waals surface area contributed by atoms with Crippen molar-refractivity contribution in [2.45, 2.75) is 39.0 Å². The van der Waals surface area contributed by atoms with E-state index < -0.39 is 0 Å². The Bertz CT molecular complexity index is 582. The monoisotopic (exact) mass is 317 g/mol. The topological polar surface area (TPSA) is 49.8 Å². The number of para-hydroxylation sites is 1. The van der Waals surface area contributed by atoms with Gasteiger partial charge in [0.05, 0.1) is 19.3 Å². The number of hydrogen-bond donors (Lipinski definition) is 1. The van der Waals surface area contributed by atoms with E-state index in [9.17, 15) is 9.90 Å². The molecule has 4 nitrogen and oxygen atoms in total. The van der Waals surface area contributed by atoms with Crippen molar-refractivity contribution in [1.29, 1.82) is 0 Å². The van der Waals surface area contributed by atoms with Crippen LogP contribution in [0.2, 0.25) is 0 Å². The lowest BCUT2D eigenvalue weighted by molar-refractivity contribution is 0.0194. The number of amides is 1. The fourth-order valence-corrected chi connectivity index (χ4v) is 3.94. The highest BCUT2D eigenvalue weighted by atomic mass is 16.5. The zero-order chi connectivity index (χ0) is 16.4. The molecule has 1 saturated carbocycles. The summed E-state index contributed by atoms with van der Waals surface area (Å²) in [5, 5.41) is 9.97. The molecule has 1 heterocycles. The molecule has 1 atom stereocenters. The second-order valence-electron chi connectivity index (χ2n) is 7.29. The number of aliphatic hydroxyl groups excluding tert-OH is 1. The van der Waals surface area contributed by atoms with Gasteiger partial charge in [0, 0.05) is 18.5 Å². The van der Waals surface area contributed by atoms with Crippen molar-refractivity contribution in [3.8, 4) is 5.75 Å². The number of methoxy groups -OCH3 is 1. The minimum absolute atomic E-state index is 0.0267. The van der Waals surface area contributed by atoms with Gasteiger partial charge in [-0.2, -0.15) is 0 Å². The van der Waals surface area contributed by atoms with E-state index in [1.807, 2.05) is 30.0 Å². The highest BCUT2D eigenvalue weighted by Crippen LogP contribution is 2.44. The van der Waals surface area contributed by atoms with Crippen molar-refractivity contribution >= 4 is 5.91 Å². The highest BCUT2D eigenvalue weighted by molar-refractivity contribution is 5.97. The van der Waals surface area contributed by atoms with E-state index in [0.29, 0.717) is 17.9 Å². The molecule has 0 bridgehead atoms. The number of piperidine rings is 1. The number of carbonyl (C=O) groups is 1. The Morgan fingerprint density at radius 2 is 2.22 bits per heavy atom. The lowest BCUT2D eigenvalue weighted by Crippen LogP contribution is -2.48. The van der Waals surface area contributed by atoms with E-state index >= 15 is 0 Å². The van der Waals surface area contributed by atoms with Crippen LogP contribution in [0.1, 0.15) is 48.0 Å². The van der Waals surface area contributed by atoms with Gasteiger partial charge in [0.15, 0.2) is 0 Å². The van der Waals surface area contributed by atoms with Gasteiger partial charge < -0.3 is 14.7 Å². The SMILES string of the molecule is COc1c(C)cccc1C(=O)N1CCCC(CO)(CC2CC2)C1. The molecule has 2 aliphatic rings. The summed E-state index contributed by atoms with van der Waals surface area (Å²) in [5.74, 6) is 1.45. The van der Waals surface area contributed by atoms with Crippen molar-refractivity contribution in [2.24, 2.45) is 11.3 Å². The Kier molecular flexibility index (Phi) is 4.62. The zero-order valence-corrected chi connectivity index (χ0v) is 14.2. The van der Waals surface area contributed by atoms with E-state index in [1.54, 1.807) is 7.11 Å². The molecule has 1 N–H and O–H groups in total. The first-order chi connectivity index (χ1) is 11.1. The summed E-state index contributed by atoms with van der Waals surface area (Å²) < 4.78 is 5.44. The number of hydrogen-bond acceptors (Lipinski definition) is 3. The third kappa shape index (κ3) is 3.37. The molecule has 23 heavy (non-hydrogen) atoms. The number of nitrogens with zero attached hydrogens (tertiary/aromatic N) is 1. The largest absolute Gasteiger partial charge is 0.496 e. The predicted octanol–water partition coefficient (Wildman–Crippen LogP) is 3.02. The molecular weight excluding hydrogens is 290 g/mol. The smallest absolute Gasteiger partial charge is 0.257 e. The third-order valence-corrected chi connectivity index (χ3v) is 5.35. The van der Waals surface area contributed by atoms with Crippen LogP contribution in [0.5, 0.6) is 5.75 Å². The Hall–Kier alpha value is -1.55. The van der Waals surface area contributed by atoms with E-state index in [4.69, 9.17) is 4.74 Å². The van der Waals surface area contributed by atoms with E-state index in [0.717, 1.165) is 37.3 Å². The van der Waals surface area contributed by atoms with Crippen molar-refractivity contribution in [3.05, 3.63) is 29.3 Å². The van der Waals surface area contributed by atoms with Gasteiger partial charge in [0.1, 0.15) is 5.75 Å². The Balaban J connectivity index is 1.80. The molecule has 1 aromatic rings. The molecule has 1 saturated heterocycles. The minimum Gasteiger partial charge on any atom is -0.496 e. The molecule has 0 spiro atoms. The Morgan fingerprint density at radius 3 is 2.87 bits per heavy atom. The lowest BCUT2D eigenvalue weighted by atomic mass is 9.76. The first-order valence-corrected chi connectivity index (χ1v) is 8.62. The van der Waals surface area contributed by atoms with Crippen molar-refractivity contribution in [3.63, 3.8) is 0 Å². The van der Waals surface area contributed by atoms with Crippen LogP contribution in [0.3, 0.4) is 0 Å². The molecule has 2 fully saturated rings. The fourth-order valence-electron chi connectivity index (χ4n) is 3.94. The van der Waals surface area contributed by atoms with Gasteiger partial charge >= 0.3 is 0 Å². The highest BCUT2D eigenvalue weighted by Gasteiger charge is 2.41. The van der Waals surface area contributed by atoms with E-state index in [1.165, 1.54) is 12.8 Å². The molecule has 126 valence electrons. The Morgan fingerprint density at radius 1 is 1.43 bits per heavy atom. The maximum absolute atomic E-state index is 13.0. The number of likely N-dealkylation sites (tertiary alicyclic amines) is 1. The number of ether oxygens (including phenoxy) is 1. The van der Waals surface area contributed by atoms with Crippen LogP contribution >= 0.6 is 0 Å². The fraction of sp³-hybridized carbons (Fsp3) is 0.632. The lowest BCUT2D eigenvalue weighted by Gasteiger charge is -2.42. The molecule has 1 unspecified atom stereocenters. The number of aliphatic hydroxyl groups is 1. The van der Waals surface area contributed by atoms with Crippen LogP contribution < -0.4 is 4.74 Å². The minimum atomic E-state index is -0.105. The van der Waals surface area contributed by atoms with Crippen LogP contribution in [0, 0.1) is 18.3 Å². The molecule has 0 aromatic heterocycles. The number of carbonyl (C=O) groups excluding carboxylic acids is 1. The van der Waals surface area contributed by atoms with E-state index in [2.05, 4.69) is 0 Å². The van der Waals surface area contributed by atoms with E-state index in [-0.39, 0.29) is 17.9 Å². The van der Waals surface area contributed by atoms with Crippen LogP contribution in [-0.2, 0) is 0 Å². The summed E-state index contributed by atoms with van der Waals surface area (Å²) in [6.07, 6.45) is 5.60. The summed E-state index contributed by atoms with van der Waals surface area (Å²) in [7, 11) is 1.61. The first kappa shape index (κ1) is 16.3. The second kappa shape index (κ2) is 6.52. The average molecular weight is 317 g/mol. The van der Waals surface area contributed by atoms with Gasteiger partial charge in [-0.15, -0.1) is 0 Å². The molecule has 1 aliphatic heterocycles. The van der Waals surface area contributed by atoms with Gasteiger partial charge in [-0.1, -0.05) is 25.0 Å². The van der Waals surface area contributed by atoms with Crippen LogP contribution in [0.25, 0.3) is 0 Å². The molecular formula is C19H27NO3. The maximum atomic E-state index is 13.0. The number of aryl methyl sites for hydroxylation is 1. The first-order valence-electron chi connectivity index (χ1n) is 8.62. The second-order valence-corrected chi connectivity index (χ2v) is 7.29. The molecule has 0 radical (unpaired) electrons. The summed E-state index contributed by atoms with van der Waals surface area (Å²) in [6.45, 7) is 3.56. The molecule has 3 rings (SSSR count). The zero-order valence-electron chi connectivity index (χ0n) is 14.2. The van der Waals surface area contributed by atoms with Gasteiger partial charge in [-0.05, 0) is 43.7 Å². The quantitative estimate of drug-likeness (QED) is 0.908. The van der Waals surface area contributed by atoms with Gasteiger partial charge in [-0.3, -0.25) is 4.79 Å². The third-order valence-electron chi connectivity index (χ3n) is 5.35. The summed E-state index contributed by atoms with van der Waals surface area (Å²) in [6, 6.07) is 5.69. The number of benzene rings is 1. The van der Waals surface area contributed by atoms with Crippen molar-refractivity contribution in [2.75, 3.05) is 26.8 Å². The molecule has 4 heteroatoms. The summed E-state index contributed by atoms with van der Waals surface area (Å²) >= 11 is 0. The molecule has 1 aromatic carbocycles. The molecule has 1 aliphatic carbocycles. The van der Waals surface area contributed by atoms with Crippen LogP contribution in [0.15, 0.2) is 18.2 Å². The predicted molar refractivity (Wildman–Crippen MR) is 89.7 cm³/mol. The molecule has 1 amide bonds. The maximum Gasteiger partial charge on any atom is 0.257 e. The van der Waals surface area contributed by atoms with Crippen molar-refractivity contribution in [1.82, 2.24) is 4.90 Å². The summed E-state index contributed by atoms with van der Waals surface area (Å²) in [4.78, 5) is 14.9. The normalized spacial score (nSPS) is 24.6. The summed E-state index contributed by atoms with van der Waals surface area (Å²) in [5.41, 5.74) is 1.50. The van der Waals surface area contributed by atoms with Crippen LogP contribution in [0.4, 0.5) is 0 Å². The Labute approximate surface area is 138 Å². The standard InChI is InChI=1S/C19H27NO3/c1-14-5-3-6-16(17(14)23-2)18(22)20-10-4-9-19(12-20,13-21)11-15-7-8-15/h3,5-6,15,21H,4,7-13H2,1-2H3. The van der Waals surface area contributed by atoms with Gasteiger partial charge in [0.25, 0.3) is 5.91 Å². The van der Waals surface area contributed by atoms with Crippen LogP contribution in [-0.4, -0.2) is 42.7 Å². The average Bonchev–Trinajstić information content (AvgIpc) is 3.38. The van der Waals surface area contributed by atoms with Gasteiger partial charge in [0.2, 0.25) is 0 Å². The van der Waals surface area contributed by atoms with Crippen molar-refractivity contribution < 1.29 is 14.6 Å².